The van der Waals surface area contributed by atoms with Crippen molar-refractivity contribution in [3.05, 3.63) is 182 Å². The molecule has 0 N–H and O–H groups in total. The van der Waals surface area contributed by atoms with E-state index in [0.29, 0.717) is 5.82 Å². The maximum atomic E-state index is 6.32. The molecule has 0 atom stereocenters. The van der Waals surface area contributed by atoms with E-state index in [-0.39, 0.29) is 0 Å². The van der Waals surface area contributed by atoms with Gasteiger partial charge in [-0.1, -0.05) is 140 Å². The molecule has 51 heavy (non-hydrogen) atoms. The molecular formula is C48H30N2O. The van der Waals surface area contributed by atoms with Crippen molar-refractivity contribution in [1.82, 2.24) is 9.97 Å². The van der Waals surface area contributed by atoms with Crippen molar-refractivity contribution in [1.29, 1.82) is 0 Å². The van der Waals surface area contributed by atoms with Gasteiger partial charge >= 0.3 is 0 Å². The van der Waals surface area contributed by atoms with Crippen molar-refractivity contribution >= 4 is 43.5 Å². The van der Waals surface area contributed by atoms with Gasteiger partial charge in [-0.05, 0) is 86.3 Å². The molecular weight excluding hydrogens is 621 g/mol. The Morgan fingerprint density at radius 1 is 0.314 bits per heavy atom. The van der Waals surface area contributed by atoms with E-state index < -0.39 is 0 Å². The molecule has 8 aromatic carbocycles. The van der Waals surface area contributed by atoms with E-state index in [0.717, 1.165) is 88.4 Å². The lowest BCUT2D eigenvalue weighted by Crippen LogP contribution is -1.97. The minimum atomic E-state index is 0.697. The Labute approximate surface area is 295 Å². The summed E-state index contributed by atoms with van der Waals surface area (Å²) in [6, 6.07) is 63.9. The number of hydrogen-bond donors (Lipinski definition) is 0. The van der Waals surface area contributed by atoms with Crippen LogP contribution in [-0.2, 0) is 0 Å². The summed E-state index contributed by atoms with van der Waals surface area (Å²) in [5, 5.41) is 6.86. The third-order valence-electron chi connectivity index (χ3n) is 9.87. The van der Waals surface area contributed by atoms with Gasteiger partial charge in [-0.3, -0.25) is 0 Å². The highest BCUT2D eigenvalue weighted by molar-refractivity contribution is 6.06. The van der Waals surface area contributed by atoms with Crippen molar-refractivity contribution in [2.75, 3.05) is 0 Å². The predicted molar refractivity (Wildman–Crippen MR) is 212 cm³/mol. The number of benzene rings is 8. The summed E-state index contributed by atoms with van der Waals surface area (Å²) in [7, 11) is 0. The molecule has 0 aliphatic rings. The lowest BCUT2D eigenvalue weighted by Gasteiger charge is -2.14. The highest BCUT2D eigenvalue weighted by atomic mass is 16.3. The summed E-state index contributed by atoms with van der Waals surface area (Å²) in [5.74, 6) is 0.697. The van der Waals surface area contributed by atoms with E-state index in [1.165, 1.54) is 5.39 Å². The Morgan fingerprint density at radius 3 is 1.67 bits per heavy atom. The summed E-state index contributed by atoms with van der Waals surface area (Å²) >= 11 is 0. The van der Waals surface area contributed by atoms with E-state index in [2.05, 4.69) is 170 Å². The second kappa shape index (κ2) is 11.9. The summed E-state index contributed by atoms with van der Waals surface area (Å²) in [5.41, 5.74) is 11.0. The van der Waals surface area contributed by atoms with Gasteiger partial charge < -0.3 is 4.42 Å². The van der Waals surface area contributed by atoms with E-state index in [9.17, 15) is 0 Å². The molecule has 0 fully saturated rings. The van der Waals surface area contributed by atoms with Gasteiger partial charge in [0.1, 0.15) is 11.2 Å². The molecule has 0 aliphatic carbocycles. The molecule has 2 heterocycles. The predicted octanol–water partition coefficient (Wildman–Crippen LogP) is 13.0. The first kappa shape index (κ1) is 29.1. The molecule has 0 aliphatic heterocycles. The van der Waals surface area contributed by atoms with Gasteiger partial charge in [-0.2, -0.15) is 0 Å². The molecule has 0 bridgehead atoms. The standard InChI is InChI=1S/C48H30N2O/c1-2-12-31(13-3-1)35-26-36(34-24-25-42-41-20-8-9-23-46(41)51-47(42)29-34)28-37(27-35)44-30-45(40-21-10-16-32-14-4-6-18-38(32)40)50-48(49-44)43-22-11-17-33-15-5-7-19-39(33)43/h1-30H. The van der Waals surface area contributed by atoms with Crippen molar-refractivity contribution < 1.29 is 4.42 Å². The van der Waals surface area contributed by atoms with E-state index in [4.69, 9.17) is 14.4 Å². The number of para-hydroxylation sites is 1. The van der Waals surface area contributed by atoms with Gasteiger partial charge in [0.25, 0.3) is 0 Å². The van der Waals surface area contributed by atoms with E-state index in [1.54, 1.807) is 0 Å². The largest absolute Gasteiger partial charge is 0.456 e. The Morgan fingerprint density at radius 2 is 0.882 bits per heavy atom. The fourth-order valence-corrected chi connectivity index (χ4v) is 7.37. The first-order chi connectivity index (χ1) is 25.2. The lowest BCUT2D eigenvalue weighted by molar-refractivity contribution is 0.669. The van der Waals surface area contributed by atoms with Crippen LogP contribution in [0.15, 0.2) is 186 Å². The molecule has 238 valence electrons. The zero-order chi connectivity index (χ0) is 33.7. The second-order valence-corrected chi connectivity index (χ2v) is 13.0. The molecule has 0 amide bonds. The van der Waals surface area contributed by atoms with Gasteiger partial charge in [0.05, 0.1) is 11.4 Å². The van der Waals surface area contributed by atoms with Gasteiger partial charge in [-0.25, -0.2) is 9.97 Å². The molecule has 0 unspecified atom stereocenters. The maximum Gasteiger partial charge on any atom is 0.161 e. The Hall–Kier alpha value is -6.84. The molecule has 10 aromatic rings. The quantitative estimate of drug-likeness (QED) is 0.186. The highest BCUT2D eigenvalue weighted by Crippen LogP contribution is 2.38. The molecule has 10 rings (SSSR count). The lowest BCUT2D eigenvalue weighted by atomic mass is 9.93. The SMILES string of the molecule is c1ccc(-c2cc(-c3ccc4c(c3)oc3ccccc34)cc(-c3cc(-c4cccc5ccccc45)nc(-c4cccc5ccccc45)n3)c2)cc1. The minimum absolute atomic E-state index is 0.697. The van der Waals surface area contributed by atoms with Crippen molar-refractivity contribution in [2.45, 2.75) is 0 Å². The third kappa shape index (κ3) is 5.15. The first-order valence-electron chi connectivity index (χ1n) is 17.2. The molecule has 0 saturated heterocycles. The van der Waals surface area contributed by atoms with Crippen LogP contribution in [0.25, 0.3) is 99.6 Å². The number of rotatable bonds is 5. The molecule has 0 saturated carbocycles. The van der Waals surface area contributed by atoms with Crippen molar-refractivity contribution in [3.8, 4) is 56.2 Å². The van der Waals surface area contributed by atoms with Crippen LogP contribution in [-0.4, -0.2) is 9.97 Å². The topological polar surface area (TPSA) is 38.9 Å². The first-order valence-corrected chi connectivity index (χ1v) is 17.2. The fraction of sp³-hybridized carbons (Fsp3) is 0. The van der Waals surface area contributed by atoms with Crippen LogP contribution in [0, 0.1) is 0 Å². The molecule has 3 nitrogen and oxygen atoms in total. The van der Waals surface area contributed by atoms with Crippen LogP contribution < -0.4 is 0 Å². The minimum Gasteiger partial charge on any atom is -0.456 e. The third-order valence-corrected chi connectivity index (χ3v) is 9.87. The Bertz CT molecular complexity index is 2810. The van der Waals surface area contributed by atoms with Gasteiger partial charge in [0, 0.05) is 27.5 Å². The Kier molecular flexibility index (Phi) is 6.81. The van der Waals surface area contributed by atoms with Gasteiger partial charge in [0.15, 0.2) is 5.82 Å². The van der Waals surface area contributed by atoms with Gasteiger partial charge in [0.2, 0.25) is 0 Å². The van der Waals surface area contributed by atoms with Crippen LogP contribution in [0.5, 0.6) is 0 Å². The zero-order valence-electron chi connectivity index (χ0n) is 27.6. The highest BCUT2D eigenvalue weighted by Gasteiger charge is 2.17. The van der Waals surface area contributed by atoms with Crippen molar-refractivity contribution in [3.63, 3.8) is 0 Å². The Balaban J connectivity index is 1.23. The average molecular weight is 651 g/mol. The monoisotopic (exact) mass is 650 g/mol. The maximum absolute atomic E-state index is 6.32. The van der Waals surface area contributed by atoms with Gasteiger partial charge in [-0.15, -0.1) is 0 Å². The molecule has 0 radical (unpaired) electrons. The number of fused-ring (bicyclic) bond motifs is 5. The summed E-state index contributed by atoms with van der Waals surface area (Å²) in [6.45, 7) is 0. The molecule has 3 heteroatoms. The van der Waals surface area contributed by atoms with Crippen LogP contribution in [0.2, 0.25) is 0 Å². The zero-order valence-corrected chi connectivity index (χ0v) is 27.6. The van der Waals surface area contributed by atoms with E-state index >= 15 is 0 Å². The van der Waals surface area contributed by atoms with Crippen LogP contribution >= 0.6 is 0 Å². The second-order valence-electron chi connectivity index (χ2n) is 13.0. The normalized spacial score (nSPS) is 11.5. The number of furan rings is 1. The fourth-order valence-electron chi connectivity index (χ4n) is 7.37. The summed E-state index contributed by atoms with van der Waals surface area (Å²) in [6.07, 6.45) is 0. The van der Waals surface area contributed by atoms with E-state index in [1.807, 2.05) is 12.1 Å². The van der Waals surface area contributed by atoms with Crippen molar-refractivity contribution in [2.24, 2.45) is 0 Å². The van der Waals surface area contributed by atoms with Crippen LogP contribution in [0.3, 0.4) is 0 Å². The smallest absolute Gasteiger partial charge is 0.161 e. The van der Waals surface area contributed by atoms with Crippen LogP contribution in [0.1, 0.15) is 0 Å². The number of hydrogen-bond acceptors (Lipinski definition) is 3. The molecule has 2 aromatic heterocycles. The van der Waals surface area contributed by atoms with Crippen LogP contribution in [0.4, 0.5) is 0 Å². The average Bonchev–Trinajstić information content (AvgIpc) is 3.58. The number of nitrogens with zero attached hydrogens (tertiary/aromatic N) is 2. The summed E-state index contributed by atoms with van der Waals surface area (Å²) in [4.78, 5) is 10.6. The summed E-state index contributed by atoms with van der Waals surface area (Å²) < 4.78 is 6.32. The molecule has 0 spiro atoms. The number of aromatic nitrogens is 2.